The van der Waals surface area contributed by atoms with Gasteiger partial charge in [-0.2, -0.15) is 0 Å². The summed E-state index contributed by atoms with van der Waals surface area (Å²) in [5.41, 5.74) is 1.39. The number of ether oxygens (including phenoxy) is 1. The molecule has 1 fully saturated rings. The molecule has 1 aromatic rings. The molecule has 1 aromatic carbocycles. The van der Waals surface area contributed by atoms with Gasteiger partial charge in [0.25, 0.3) is 0 Å². The molecule has 0 atom stereocenters. The van der Waals surface area contributed by atoms with Gasteiger partial charge in [-0.3, -0.25) is 0 Å². The van der Waals surface area contributed by atoms with Crippen LogP contribution in [0.5, 0.6) is 5.75 Å². The topological polar surface area (TPSA) is 12.5 Å². The molecule has 0 bridgehead atoms. The van der Waals surface area contributed by atoms with Crippen LogP contribution in [0.2, 0.25) is 0 Å². The maximum Gasteiger partial charge on any atom is 0.185 e. The van der Waals surface area contributed by atoms with E-state index in [-0.39, 0.29) is 0 Å². The number of benzene rings is 1. The molecular weight excluding hydrogens is 245 g/mol. The molecule has 1 heterocycles. The maximum atomic E-state index is 5.89. The first-order chi connectivity index (χ1) is 9.78. The monoisotopic (exact) mass is 273 g/mol. The summed E-state index contributed by atoms with van der Waals surface area (Å²) in [4.78, 5) is 2.44. The summed E-state index contributed by atoms with van der Waals surface area (Å²) in [5, 5.41) is 0. The smallest absolute Gasteiger partial charge is 0.185 e. The predicted octanol–water partition coefficient (Wildman–Crippen LogP) is 3.06. The zero-order chi connectivity index (χ0) is 14.2. The first-order valence-electron chi connectivity index (χ1n) is 8.18. The molecule has 0 amide bonds. The van der Waals surface area contributed by atoms with Gasteiger partial charge in [0.2, 0.25) is 0 Å². The van der Waals surface area contributed by atoms with E-state index < -0.39 is 0 Å². The van der Waals surface area contributed by atoms with Gasteiger partial charge in [0, 0.05) is 0 Å². The van der Waals surface area contributed by atoms with Crippen LogP contribution in [-0.2, 0) is 6.42 Å². The lowest BCUT2D eigenvalue weighted by Gasteiger charge is -2.29. The molecule has 0 N–H and O–H groups in total. The lowest BCUT2D eigenvalue weighted by molar-refractivity contribution is 0.242. The van der Waals surface area contributed by atoms with Crippen LogP contribution in [0.4, 0.5) is 0 Å². The average Bonchev–Trinajstić information content (AvgIpc) is 2.46. The summed E-state index contributed by atoms with van der Waals surface area (Å²) < 4.78 is 5.89. The summed E-state index contributed by atoms with van der Waals surface area (Å²) in [5.74, 6) is 1.96. The second-order valence-corrected chi connectivity index (χ2v) is 6.13. The molecule has 20 heavy (non-hydrogen) atoms. The van der Waals surface area contributed by atoms with E-state index in [0.29, 0.717) is 0 Å². The fourth-order valence-corrected chi connectivity index (χ4v) is 2.99. The normalized spacial score (nSPS) is 17.2. The molecule has 0 radical (unpaired) electrons. The Bertz CT molecular complexity index is 388. The van der Waals surface area contributed by atoms with Crippen molar-refractivity contribution >= 4 is 7.98 Å². The van der Waals surface area contributed by atoms with Gasteiger partial charge >= 0.3 is 0 Å². The van der Waals surface area contributed by atoms with E-state index in [4.69, 9.17) is 4.74 Å². The predicted molar refractivity (Wildman–Crippen MR) is 88.0 cm³/mol. The molecule has 0 unspecified atom stereocenters. The quantitative estimate of drug-likeness (QED) is 0.559. The van der Waals surface area contributed by atoms with Gasteiger partial charge in [-0.25, -0.2) is 0 Å². The Morgan fingerprint density at radius 1 is 1.30 bits per heavy atom. The van der Waals surface area contributed by atoms with E-state index in [1.54, 1.807) is 0 Å². The Morgan fingerprint density at radius 2 is 2.10 bits per heavy atom. The van der Waals surface area contributed by atoms with Gasteiger partial charge in [0.15, 0.2) is 7.98 Å². The van der Waals surface area contributed by atoms with Crippen molar-refractivity contribution in [3.05, 3.63) is 29.8 Å². The number of nitrogens with zero attached hydrogens (tertiary/aromatic N) is 1. The summed E-state index contributed by atoms with van der Waals surface area (Å²) in [6, 6.07) is 8.57. The lowest BCUT2D eigenvalue weighted by Crippen LogP contribution is -2.31. The minimum absolute atomic E-state index is 0.863. The molecule has 2 nitrogen and oxygen atoms in total. The summed E-state index contributed by atoms with van der Waals surface area (Å²) in [6.07, 6.45) is 7.58. The summed E-state index contributed by atoms with van der Waals surface area (Å²) in [6.45, 7) is 5.62. The first-order valence-corrected chi connectivity index (χ1v) is 8.18. The van der Waals surface area contributed by atoms with E-state index in [9.17, 15) is 0 Å². The molecule has 1 aliphatic heterocycles. The SMILES string of the molecule is BN1CCC(CCCOc2cccc(CCC)c2)CC1. The van der Waals surface area contributed by atoms with Gasteiger partial charge in [-0.1, -0.05) is 25.5 Å². The Balaban J connectivity index is 1.64. The van der Waals surface area contributed by atoms with Gasteiger partial charge in [-0.15, -0.1) is 0 Å². The number of hydrogen-bond acceptors (Lipinski definition) is 2. The number of piperidine rings is 1. The van der Waals surface area contributed by atoms with Gasteiger partial charge in [0.1, 0.15) is 5.75 Å². The molecule has 1 saturated heterocycles. The van der Waals surface area contributed by atoms with E-state index in [1.807, 2.05) is 0 Å². The largest absolute Gasteiger partial charge is 0.494 e. The van der Waals surface area contributed by atoms with Crippen LogP contribution in [0.3, 0.4) is 0 Å². The van der Waals surface area contributed by atoms with Crippen LogP contribution in [0.15, 0.2) is 24.3 Å². The Morgan fingerprint density at radius 3 is 2.85 bits per heavy atom. The van der Waals surface area contributed by atoms with E-state index >= 15 is 0 Å². The van der Waals surface area contributed by atoms with Gasteiger partial charge in [0.05, 0.1) is 6.61 Å². The zero-order valence-corrected chi connectivity index (χ0v) is 13.1. The number of hydrogen-bond donors (Lipinski definition) is 0. The van der Waals surface area contributed by atoms with Crippen molar-refractivity contribution in [1.82, 2.24) is 4.81 Å². The van der Waals surface area contributed by atoms with Gasteiger partial charge < -0.3 is 9.55 Å². The third-order valence-corrected chi connectivity index (χ3v) is 4.30. The highest BCUT2D eigenvalue weighted by Crippen LogP contribution is 2.21. The molecule has 3 heteroatoms. The molecule has 110 valence electrons. The molecular formula is C17H28BNO. The van der Waals surface area contributed by atoms with Crippen molar-refractivity contribution in [2.24, 2.45) is 5.92 Å². The van der Waals surface area contributed by atoms with Gasteiger partial charge in [-0.05, 0) is 68.8 Å². The minimum atomic E-state index is 0.863. The minimum Gasteiger partial charge on any atom is -0.494 e. The van der Waals surface area contributed by atoms with Crippen LogP contribution in [0.1, 0.15) is 44.6 Å². The van der Waals surface area contributed by atoms with Crippen molar-refractivity contribution < 1.29 is 4.74 Å². The molecule has 1 aliphatic rings. The molecule has 0 spiro atoms. The average molecular weight is 273 g/mol. The van der Waals surface area contributed by atoms with Crippen molar-refractivity contribution in [3.8, 4) is 5.75 Å². The van der Waals surface area contributed by atoms with E-state index in [0.717, 1.165) is 24.7 Å². The van der Waals surface area contributed by atoms with Crippen LogP contribution in [-0.4, -0.2) is 32.5 Å². The van der Waals surface area contributed by atoms with Crippen molar-refractivity contribution in [3.63, 3.8) is 0 Å². The fourth-order valence-electron chi connectivity index (χ4n) is 2.99. The van der Waals surface area contributed by atoms with E-state index in [1.165, 1.54) is 50.8 Å². The summed E-state index contributed by atoms with van der Waals surface area (Å²) in [7, 11) is 2.22. The molecule has 0 aliphatic carbocycles. The van der Waals surface area contributed by atoms with Crippen LogP contribution in [0, 0.1) is 5.92 Å². The lowest BCUT2D eigenvalue weighted by atomic mass is 9.91. The van der Waals surface area contributed by atoms with E-state index in [2.05, 4.69) is 44.0 Å². The first kappa shape index (κ1) is 15.4. The van der Waals surface area contributed by atoms with Crippen LogP contribution >= 0.6 is 0 Å². The molecule has 0 aromatic heterocycles. The number of rotatable bonds is 7. The standard InChI is InChI=1S/C17H28BNO/c1-2-5-16-6-3-8-17(14-16)20-13-4-7-15-9-11-19(18)12-10-15/h3,6,8,14-15H,2,4-5,7,9-13,18H2,1H3. The van der Waals surface area contributed by atoms with Crippen LogP contribution in [0.25, 0.3) is 0 Å². The third-order valence-electron chi connectivity index (χ3n) is 4.30. The fraction of sp³-hybridized carbons (Fsp3) is 0.647. The second-order valence-electron chi connectivity index (χ2n) is 6.13. The summed E-state index contributed by atoms with van der Waals surface area (Å²) >= 11 is 0. The third kappa shape index (κ3) is 5.20. The maximum absolute atomic E-state index is 5.89. The van der Waals surface area contributed by atoms with Crippen molar-refractivity contribution in [2.45, 2.75) is 45.4 Å². The van der Waals surface area contributed by atoms with Crippen molar-refractivity contribution in [1.29, 1.82) is 0 Å². The Kier molecular flexibility index (Phi) is 6.45. The molecule has 2 rings (SSSR count). The molecule has 0 saturated carbocycles. The number of aryl methyl sites for hydroxylation is 1. The zero-order valence-electron chi connectivity index (χ0n) is 13.1. The Hall–Kier alpha value is -0.955. The highest BCUT2D eigenvalue weighted by molar-refractivity contribution is 6.04. The van der Waals surface area contributed by atoms with Crippen LogP contribution < -0.4 is 4.74 Å². The highest BCUT2D eigenvalue weighted by Gasteiger charge is 2.15. The Labute approximate surface area is 124 Å². The highest BCUT2D eigenvalue weighted by atomic mass is 16.5. The van der Waals surface area contributed by atoms with Crippen molar-refractivity contribution in [2.75, 3.05) is 19.7 Å². The second kappa shape index (κ2) is 8.36.